The summed E-state index contributed by atoms with van der Waals surface area (Å²) in [5.41, 5.74) is 0. The van der Waals surface area contributed by atoms with Gasteiger partial charge in [0.2, 0.25) is 11.8 Å². The summed E-state index contributed by atoms with van der Waals surface area (Å²) in [6, 6.07) is -1.14. The van der Waals surface area contributed by atoms with Gasteiger partial charge in [-0.25, -0.2) is 4.79 Å². The Morgan fingerprint density at radius 1 is 1.31 bits per heavy atom. The highest BCUT2D eigenvalue weighted by molar-refractivity contribution is 6.28. The molecular formula is C10H16ClNO4. The first-order chi connectivity index (χ1) is 7.31. The molecule has 0 saturated carbocycles. The number of alkyl halides is 1. The molecule has 0 aromatic heterocycles. The van der Waals surface area contributed by atoms with E-state index in [1.165, 1.54) is 0 Å². The summed E-state index contributed by atoms with van der Waals surface area (Å²) >= 11 is 5.34. The third kappa shape index (κ3) is 4.18. The van der Waals surface area contributed by atoms with Crippen molar-refractivity contribution in [3.63, 3.8) is 0 Å². The smallest absolute Gasteiger partial charge is 0.326 e. The maximum atomic E-state index is 11.4. The van der Waals surface area contributed by atoms with Crippen LogP contribution in [0.1, 0.15) is 27.2 Å². The van der Waals surface area contributed by atoms with Crippen LogP contribution in [-0.2, 0) is 14.4 Å². The summed E-state index contributed by atoms with van der Waals surface area (Å²) in [7, 11) is 0. The van der Waals surface area contributed by atoms with Crippen LogP contribution in [0.25, 0.3) is 0 Å². The zero-order valence-corrected chi connectivity index (χ0v) is 10.3. The second-order valence-electron chi connectivity index (χ2n) is 3.90. The van der Waals surface area contributed by atoms with Crippen LogP contribution in [0.4, 0.5) is 0 Å². The Labute approximate surface area is 99.4 Å². The number of aliphatic carboxylic acids is 1. The Kier molecular flexibility index (Phi) is 6.03. The molecule has 5 nitrogen and oxygen atoms in total. The van der Waals surface area contributed by atoms with E-state index in [0.29, 0.717) is 0 Å². The summed E-state index contributed by atoms with van der Waals surface area (Å²) in [6.07, 6.45) is 0.220. The summed E-state index contributed by atoms with van der Waals surface area (Å²) in [5.74, 6) is -2.81. The number of nitrogens with zero attached hydrogens (tertiary/aromatic N) is 1. The summed E-state index contributed by atoms with van der Waals surface area (Å²) in [5, 5.41) is 9.00. The Balaban J connectivity index is 5.02. The highest BCUT2D eigenvalue weighted by Crippen LogP contribution is 2.13. The summed E-state index contributed by atoms with van der Waals surface area (Å²) < 4.78 is 0. The van der Waals surface area contributed by atoms with Crippen molar-refractivity contribution in [1.82, 2.24) is 4.90 Å². The number of hydrogen-bond donors (Lipinski definition) is 1. The number of carboxylic acid groups (broad SMARTS) is 1. The van der Waals surface area contributed by atoms with Crippen LogP contribution in [0.3, 0.4) is 0 Å². The molecule has 0 heterocycles. The summed E-state index contributed by atoms with van der Waals surface area (Å²) in [6.45, 7) is 4.79. The number of hydrogen-bond acceptors (Lipinski definition) is 3. The number of amides is 2. The quantitative estimate of drug-likeness (QED) is 0.741. The lowest BCUT2D eigenvalue weighted by Gasteiger charge is -2.26. The third-order valence-corrected chi connectivity index (χ3v) is 2.24. The second-order valence-corrected chi connectivity index (χ2v) is 4.17. The van der Waals surface area contributed by atoms with Gasteiger partial charge < -0.3 is 5.11 Å². The Hall–Kier alpha value is -1.10. The highest BCUT2D eigenvalue weighted by Gasteiger charge is 2.32. The van der Waals surface area contributed by atoms with Crippen molar-refractivity contribution in [3.8, 4) is 0 Å². The van der Waals surface area contributed by atoms with Crippen LogP contribution in [0.5, 0.6) is 0 Å². The number of imide groups is 1. The van der Waals surface area contributed by atoms with Crippen LogP contribution in [-0.4, -0.2) is 39.7 Å². The molecule has 0 saturated heterocycles. The molecule has 6 heteroatoms. The third-order valence-electron chi connectivity index (χ3n) is 2.01. The number of carbonyl (C=O) groups excluding carboxylic acids is 2. The largest absolute Gasteiger partial charge is 0.480 e. The molecule has 0 aliphatic carbocycles. The van der Waals surface area contributed by atoms with Crippen LogP contribution in [0, 0.1) is 5.92 Å². The second kappa shape index (κ2) is 6.48. The first kappa shape index (κ1) is 14.9. The van der Waals surface area contributed by atoms with Crippen LogP contribution < -0.4 is 0 Å². The Morgan fingerprint density at radius 3 is 2.06 bits per heavy atom. The molecule has 0 aliphatic rings. The van der Waals surface area contributed by atoms with Gasteiger partial charge in [0.05, 0.1) is 0 Å². The maximum Gasteiger partial charge on any atom is 0.326 e. The fourth-order valence-corrected chi connectivity index (χ4v) is 1.53. The lowest BCUT2D eigenvalue weighted by molar-refractivity contribution is -0.156. The van der Waals surface area contributed by atoms with Gasteiger partial charge in [-0.1, -0.05) is 13.8 Å². The van der Waals surface area contributed by atoms with E-state index in [4.69, 9.17) is 16.7 Å². The van der Waals surface area contributed by atoms with Gasteiger partial charge in [-0.2, -0.15) is 0 Å². The minimum atomic E-state index is -1.19. The molecule has 1 atom stereocenters. The van der Waals surface area contributed by atoms with Crippen molar-refractivity contribution < 1.29 is 19.5 Å². The average molecular weight is 250 g/mol. The monoisotopic (exact) mass is 249 g/mol. The van der Waals surface area contributed by atoms with E-state index in [2.05, 4.69) is 0 Å². The minimum Gasteiger partial charge on any atom is -0.480 e. The van der Waals surface area contributed by atoms with Gasteiger partial charge in [-0.3, -0.25) is 14.5 Å². The van der Waals surface area contributed by atoms with Crippen molar-refractivity contribution >= 4 is 29.4 Å². The lowest BCUT2D eigenvalue weighted by atomic mass is 10.0. The number of carbonyl (C=O) groups is 3. The molecule has 2 amide bonds. The number of rotatable bonds is 5. The van der Waals surface area contributed by atoms with E-state index in [1.54, 1.807) is 0 Å². The van der Waals surface area contributed by atoms with E-state index in [1.807, 2.05) is 13.8 Å². The van der Waals surface area contributed by atoms with Crippen molar-refractivity contribution in [2.75, 3.05) is 5.88 Å². The fourth-order valence-electron chi connectivity index (χ4n) is 1.40. The minimum absolute atomic E-state index is 0.0612. The molecule has 0 radical (unpaired) electrons. The van der Waals surface area contributed by atoms with E-state index in [0.717, 1.165) is 11.8 Å². The first-order valence-electron chi connectivity index (χ1n) is 4.92. The van der Waals surface area contributed by atoms with E-state index < -0.39 is 29.7 Å². The molecule has 0 rings (SSSR count). The maximum absolute atomic E-state index is 11.4. The molecule has 92 valence electrons. The first-order valence-corrected chi connectivity index (χ1v) is 5.46. The fraction of sp³-hybridized carbons (Fsp3) is 0.700. The molecule has 0 aromatic carbocycles. The molecule has 0 fully saturated rings. The zero-order valence-electron chi connectivity index (χ0n) is 9.57. The number of halogens is 1. The number of carboxylic acids is 1. The normalized spacial score (nSPS) is 12.3. The van der Waals surface area contributed by atoms with Gasteiger partial charge in [-0.05, 0) is 12.3 Å². The Bertz CT molecular complexity index is 291. The van der Waals surface area contributed by atoms with Crippen LogP contribution in [0.15, 0.2) is 0 Å². The molecule has 16 heavy (non-hydrogen) atoms. The van der Waals surface area contributed by atoms with Gasteiger partial charge in [0.25, 0.3) is 0 Å². The van der Waals surface area contributed by atoms with Crippen LogP contribution >= 0.6 is 11.6 Å². The zero-order chi connectivity index (χ0) is 12.9. The predicted octanol–water partition coefficient (Wildman–Crippen LogP) is 1.10. The van der Waals surface area contributed by atoms with Crippen molar-refractivity contribution in [2.24, 2.45) is 5.92 Å². The van der Waals surface area contributed by atoms with E-state index in [-0.39, 0.29) is 12.3 Å². The molecule has 0 bridgehead atoms. The predicted molar refractivity (Wildman–Crippen MR) is 59.1 cm³/mol. The molecular weight excluding hydrogens is 234 g/mol. The highest BCUT2D eigenvalue weighted by atomic mass is 35.5. The Morgan fingerprint density at radius 2 is 1.81 bits per heavy atom. The standard InChI is InChI=1S/C10H16ClNO4/c1-6(2)4-8(10(15)16)12(7(3)13)9(14)5-11/h6,8H,4-5H2,1-3H3,(H,15,16)/t8-/m0/s1. The van der Waals surface area contributed by atoms with Crippen molar-refractivity contribution in [1.29, 1.82) is 0 Å². The van der Waals surface area contributed by atoms with E-state index >= 15 is 0 Å². The molecule has 0 unspecified atom stereocenters. The van der Waals surface area contributed by atoms with Gasteiger partial charge in [-0.15, -0.1) is 11.6 Å². The SMILES string of the molecule is CC(=O)N(C(=O)CCl)[C@@H](CC(C)C)C(=O)O. The van der Waals surface area contributed by atoms with E-state index in [9.17, 15) is 14.4 Å². The van der Waals surface area contributed by atoms with Crippen molar-refractivity contribution in [2.45, 2.75) is 33.2 Å². The van der Waals surface area contributed by atoms with Gasteiger partial charge in [0, 0.05) is 6.92 Å². The van der Waals surface area contributed by atoms with Gasteiger partial charge in [0.1, 0.15) is 11.9 Å². The van der Waals surface area contributed by atoms with Crippen LogP contribution in [0.2, 0.25) is 0 Å². The van der Waals surface area contributed by atoms with Gasteiger partial charge >= 0.3 is 5.97 Å². The van der Waals surface area contributed by atoms with Crippen molar-refractivity contribution in [3.05, 3.63) is 0 Å². The topological polar surface area (TPSA) is 74.7 Å². The average Bonchev–Trinajstić information content (AvgIpc) is 2.14. The molecule has 0 aromatic rings. The van der Waals surface area contributed by atoms with Gasteiger partial charge in [0.15, 0.2) is 0 Å². The molecule has 0 aliphatic heterocycles. The molecule has 1 N–H and O–H groups in total. The lowest BCUT2D eigenvalue weighted by Crippen LogP contribution is -2.48. The summed E-state index contributed by atoms with van der Waals surface area (Å²) in [4.78, 5) is 34.4. The molecule has 0 spiro atoms.